The summed E-state index contributed by atoms with van der Waals surface area (Å²) in [6.07, 6.45) is 2.74. The van der Waals surface area contributed by atoms with Crippen molar-refractivity contribution in [1.82, 2.24) is 5.32 Å². The Bertz CT molecular complexity index is 954. The van der Waals surface area contributed by atoms with Gasteiger partial charge in [-0.1, -0.05) is 43.3 Å². The van der Waals surface area contributed by atoms with Gasteiger partial charge in [0.05, 0.1) is 18.0 Å². The Hall–Kier alpha value is -2.34. The molecule has 1 amide bonds. The standard InChI is InChI=1S/C23H32N2O3S/c1-6-21(20-13-8-7-11-18(20)3)24-23(26)15-10-16-25(29(5,27)28)22-14-9-12-17(2)19(22)4/h7-9,11-14,21H,6,10,15-16H2,1-5H3,(H,24,26)/t21-/m0/s1. The van der Waals surface area contributed by atoms with Crippen molar-refractivity contribution in [3.8, 4) is 0 Å². The van der Waals surface area contributed by atoms with Crippen LogP contribution in [0.4, 0.5) is 5.69 Å². The molecule has 5 nitrogen and oxygen atoms in total. The van der Waals surface area contributed by atoms with Gasteiger partial charge in [-0.2, -0.15) is 0 Å². The second-order valence-electron chi connectivity index (χ2n) is 7.54. The fraction of sp³-hybridized carbons (Fsp3) is 0.435. The summed E-state index contributed by atoms with van der Waals surface area (Å²) in [6.45, 7) is 8.24. The van der Waals surface area contributed by atoms with Crippen molar-refractivity contribution in [2.45, 2.75) is 53.0 Å². The second kappa shape index (κ2) is 9.92. The van der Waals surface area contributed by atoms with Crippen LogP contribution in [0, 0.1) is 20.8 Å². The highest BCUT2D eigenvalue weighted by atomic mass is 32.2. The second-order valence-corrected chi connectivity index (χ2v) is 9.45. The van der Waals surface area contributed by atoms with E-state index in [0.717, 1.165) is 28.7 Å². The zero-order valence-corrected chi connectivity index (χ0v) is 18.8. The third-order valence-corrected chi connectivity index (χ3v) is 6.50. The molecule has 158 valence electrons. The quantitative estimate of drug-likeness (QED) is 0.658. The molecule has 29 heavy (non-hydrogen) atoms. The molecule has 0 aliphatic heterocycles. The smallest absolute Gasteiger partial charge is 0.232 e. The zero-order chi connectivity index (χ0) is 21.6. The first-order chi connectivity index (χ1) is 13.6. The van der Waals surface area contributed by atoms with Crippen molar-refractivity contribution in [1.29, 1.82) is 0 Å². The average Bonchev–Trinajstić information content (AvgIpc) is 2.66. The highest BCUT2D eigenvalue weighted by Gasteiger charge is 2.20. The van der Waals surface area contributed by atoms with Crippen LogP contribution in [0.2, 0.25) is 0 Å². The number of carbonyl (C=O) groups is 1. The van der Waals surface area contributed by atoms with Crippen molar-refractivity contribution >= 4 is 21.6 Å². The molecule has 0 spiro atoms. The van der Waals surface area contributed by atoms with Gasteiger partial charge in [0.1, 0.15) is 0 Å². The monoisotopic (exact) mass is 416 g/mol. The number of rotatable bonds is 9. The molecular weight excluding hydrogens is 384 g/mol. The van der Waals surface area contributed by atoms with Gasteiger partial charge in [0.15, 0.2) is 0 Å². The van der Waals surface area contributed by atoms with Gasteiger partial charge >= 0.3 is 0 Å². The van der Waals surface area contributed by atoms with Gasteiger partial charge in [-0.15, -0.1) is 0 Å². The van der Waals surface area contributed by atoms with Gasteiger partial charge in [0.25, 0.3) is 0 Å². The molecular formula is C23H32N2O3S. The van der Waals surface area contributed by atoms with Gasteiger partial charge in [-0.05, 0) is 61.9 Å². The molecule has 0 unspecified atom stereocenters. The van der Waals surface area contributed by atoms with Crippen molar-refractivity contribution < 1.29 is 13.2 Å². The highest BCUT2D eigenvalue weighted by molar-refractivity contribution is 7.92. The van der Waals surface area contributed by atoms with E-state index in [1.54, 1.807) is 0 Å². The number of hydrogen-bond donors (Lipinski definition) is 1. The number of aryl methyl sites for hydroxylation is 2. The zero-order valence-electron chi connectivity index (χ0n) is 18.0. The minimum Gasteiger partial charge on any atom is -0.349 e. The summed E-state index contributed by atoms with van der Waals surface area (Å²) in [6, 6.07) is 13.6. The number of nitrogens with zero attached hydrogens (tertiary/aromatic N) is 1. The molecule has 0 radical (unpaired) electrons. The number of benzene rings is 2. The van der Waals surface area contributed by atoms with Crippen LogP contribution in [0.1, 0.15) is 54.5 Å². The molecule has 2 aromatic rings. The Labute approximate surface area is 175 Å². The first-order valence-electron chi connectivity index (χ1n) is 10.0. The van der Waals surface area contributed by atoms with Crippen LogP contribution in [-0.4, -0.2) is 27.1 Å². The van der Waals surface area contributed by atoms with Gasteiger partial charge in [0.2, 0.25) is 15.9 Å². The van der Waals surface area contributed by atoms with E-state index in [-0.39, 0.29) is 24.9 Å². The molecule has 2 aromatic carbocycles. The average molecular weight is 417 g/mol. The lowest BCUT2D eigenvalue weighted by molar-refractivity contribution is -0.121. The van der Waals surface area contributed by atoms with Crippen LogP contribution in [0.15, 0.2) is 42.5 Å². The Balaban J connectivity index is 2.03. The molecule has 0 saturated carbocycles. The normalized spacial score (nSPS) is 12.4. The Kier molecular flexibility index (Phi) is 7.85. The number of sulfonamides is 1. The molecule has 6 heteroatoms. The van der Waals surface area contributed by atoms with Gasteiger partial charge in [0, 0.05) is 13.0 Å². The van der Waals surface area contributed by atoms with Crippen LogP contribution < -0.4 is 9.62 Å². The summed E-state index contributed by atoms with van der Waals surface area (Å²) in [5.41, 5.74) is 4.93. The summed E-state index contributed by atoms with van der Waals surface area (Å²) in [5.74, 6) is -0.0606. The number of amides is 1. The summed E-state index contributed by atoms with van der Waals surface area (Å²) in [5, 5.41) is 3.09. The first-order valence-corrected chi connectivity index (χ1v) is 11.9. The maximum atomic E-state index is 12.5. The van der Waals surface area contributed by atoms with Crippen molar-refractivity contribution in [3.05, 3.63) is 64.7 Å². The summed E-state index contributed by atoms with van der Waals surface area (Å²) in [7, 11) is -3.43. The van der Waals surface area contributed by atoms with E-state index >= 15 is 0 Å². The third kappa shape index (κ3) is 6.07. The highest BCUT2D eigenvalue weighted by Crippen LogP contribution is 2.25. The minimum atomic E-state index is -3.43. The lowest BCUT2D eigenvalue weighted by Crippen LogP contribution is -2.33. The summed E-state index contributed by atoms with van der Waals surface area (Å²) < 4.78 is 26.1. The minimum absolute atomic E-state index is 0.0336. The number of nitrogens with one attached hydrogen (secondary N) is 1. The number of hydrogen-bond acceptors (Lipinski definition) is 3. The van der Waals surface area contributed by atoms with Crippen molar-refractivity contribution in [2.75, 3.05) is 17.1 Å². The number of carbonyl (C=O) groups excluding carboxylic acids is 1. The summed E-state index contributed by atoms with van der Waals surface area (Å²) >= 11 is 0. The van der Waals surface area contributed by atoms with Crippen LogP contribution in [0.5, 0.6) is 0 Å². The predicted octanol–water partition coefficient (Wildman–Crippen LogP) is 4.43. The topological polar surface area (TPSA) is 66.5 Å². The molecule has 0 aliphatic carbocycles. The maximum absolute atomic E-state index is 12.5. The molecule has 0 heterocycles. The maximum Gasteiger partial charge on any atom is 0.232 e. The Morgan fingerprint density at radius 1 is 1.03 bits per heavy atom. The summed E-state index contributed by atoms with van der Waals surface area (Å²) in [4.78, 5) is 12.5. The largest absolute Gasteiger partial charge is 0.349 e. The van der Waals surface area contributed by atoms with E-state index in [1.165, 1.54) is 10.6 Å². The first kappa shape index (κ1) is 22.9. The van der Waals surface area contributed by atoms with Gasteiger partial charge in [-0.3, -0.25) is 9.10 Å². The lowest BCUT2D eigenvalue weighted by atomic mass is 9.99. The molecule has 0 bridgehead atoms. The number of anilines is 1. The Morgan fingerprint density at radius 2 is 1.69 bits per heavy atom. The van der Waals surface area contributed by atoms with Crippen LogP contribution in [0.25, 0.3) is 0 Å². The molecule has 0 aromatic heterocycles. The van der Waals surface area contributed by atoms with E-state index in [2.05, 4.69) is 5.32 Å². The van der Waals surface area contributed by atoms with E-state index in [4.69, 9.17) is 0 Å². The van der Waals surface area contributed by atoms with E-state index in [1.807, 2.05) is 70.2 Å². The van der Waals surface area contributed by atoms with Crippen molar-refractivity contribution in [2.24, 2.45) is 0 Å². The molecule has 0 aliphatic rings. The SMILES string of the molecule is CC[C@H](NC(=O)CCCN(c1cccc(C)c1C)S(C)(=O)=O)c1ccccc1C. The van der Waals surface area contributed by atoms with Gasteiger partial charge in [-0.25, -0.2) is 8.42 Å². The van der Waals surface area contributed by atoms with E-state index in [9.17, 15) is 13.2 Å². The fourth-order valence-corrected chi connectivity index (χ4v) is 4.51. The molecule has 1 atom stereocenters. The van der Waals surface area contributed by atoms with Crippen LogP contribution in [-0.2, 0) is 14.8 Å². The Morgan fingerprint density at radius 3 is 2.31 bits per heavy atom. The van der Waals surface area contributed by atoms with Gasteiger partial charge < -0.3 is 5.32 Å². The fourth-order valence-electron chi connectivity index (χ4n) is 3.50. The molecule has 1 N–H and O–H groups in total. The van der Waals surface area contributed by atoms with Crippen LogP contribution in [0.3, 0.4) is 0 Å². The van der Waals surface area contributed by atoms with E-state index < -0.39 is 10.0 Å². The van der Waals surface area contributed by atoms with Crippen molar-refractivity contribution in [3.63, 3.8) is 0 Å². The molecule has 0 fully saturated rings. The molecule has 2 rings (SSSR count). The van der Waals surface area contributed by atoms with E-state index in [0.29, 0.717) is 12.1 Å². The molecule has 0 saturated heterocycles. The third-order valence-electron chi connectivity index (χ3n) is 5.32. The lowest BCUT2D eigenvalue weighted by Gasteiger charge is -2.25. The predicted molar refractivity (Wildman–Crippen MR) is 120 cm³/mol. The van der Waals surface area contributed by atoms with Crippen LogP contribution >= 0.6 is 0 Å².